The lowest BCUT2D eigenvalue weighted by atomic mass is 9.87. The molecule has 0 unspecified atom stereocenters. The second-order valence-electron chi connectivity index (χ2n) is 8.38. The smallest absolute Gasteiger partial charge is 0.0143 e. The summed E-state index contributed by atoms with van der Waals surface area (Å²) >= 11 is 0. The fourth-order valence-corrected chi connectivity index (χ4v) is 4.66. The zero-order valence-corrected chi connectivity index (χ0v) is 18.1. The molecule has 0 fully saturated rings. The van der Waals surface area contributed by atoms with Crippen LogP contribution in [0.15, 0.2) is 48.5 Å². The molecule has 150 valence electrons. The third-order valence-electron chi connectivity index (χ3n) is 6.22. The molecule has 0 N–H and O–H groups in total. The number of hydrogen-bond acceptors (Lipinski definition) is 0. The molecule has 0 spiro atoms. The summed E-state index contributed by atoms with van der Waals surface area (Å²) in [5.41, 5.74) is 3.16. The van der Waals surface area contributed by atoms with Crippen molar-refractivity contribution in [2.75, 3.05) is 0 Å². The van der Waals surface area contributed by atoms with Gasteiger partial charge < -0.3 is 0 Å². The summed E-state index contributed by atoms with van der Waals surface area (Å²) in [7, 11) is 0. The first-order valence-corrected chi connectivity index (χ1v) is 11.8. The van der Waals surface area contributed by atoms with Crippen LogP contribution < -0.4 is 0 Å². The molecular weight excluding hydrogens is 336 g/mol. The maximum atomic E-state index is 2.36. The molecule has 3 aromatic rings. The minimum Gasteiger partial charge on any atom is -0.0654 e. The van der Waals surface area contributed by atoms with Crippen molar-refractivity contribution in [3.63, 3.8) is 0 Å². The number of hydrogen-bond donors (Lipinski definition) is 0. The van der Waals surface area contributed by atoms with Crippen molar-refractivity contribution >= 4 is 21.5 Å². The minimum atomic E-state index is 1.21. The fraction of sp³-hybridized carbons (Fsp3) is 0.500. The minimum absolute atomic E-state index is 1.21. The van der Waals surface area contributed by atoms with Gasteiger partial charge in [-0.3, -0.25) is 0 Å². The van der Waals surface area contributed by atoms with Crippen LogP contribution in [0.4, 0.5) is 0 Å². The highest BCUT2D eigenvalue weighted by Crippen LogP contribution is 2.35. The van der Waals surface area contributed by atoms with Gasteiger partial charge in [0.1, 0.15) is 0 Å². The van der Waals surface area contributed by atoms with Crippen molar-refractivity contribution in [3.05, 3.63) is 59.7 Å². The van der Waals surface area contributed by atoms with Crippen LogP contribution in [0.1, 0.15) is 89.2 Å². The van der Waals surface area contributed by atoms with Gasteiger partial charge in [-0.05, 0) is 58.4 Å². The van der Waals surface area contributed by atoms with Crippen molar-refractivity contribution in [2.45, 2.75) is 90.9 Å². The average molecular weight is 375 g/mol. The van der Waals surface area contributed by atoms with Crippen molar-refractivity contribution < 1.29 is 0 Å². The quantitative estimate of drug-likeness (QED) is 0.219. The van der Waals surface area contributed by atoms with Gasteiger partial charge >= 0.3 is 0 Å². The molecule has 0 nitrogen and oxygen atoms in total. The first-order valence-electron chi connectivity index (χ1n) is 11.8. The molecule has 3 aromatic carbocycles. The SMILES string of the molecule is CCCCCCCc1c2ccccc2c(CCCCCCC)c2ccccc12. The Labute approximate surface area is 172 Å². The van der Waals surface area contributed by atoms with Gasteiger partial charge in [0.2, 0.25) is 0 Å². The third kappa shape index (κ3) is 5.16. The van der Waals surface area contributed by atoms with E-state index in [2.05, 4.69) is 62.4 Å². The van der Waals surface area contributed by atoms with Crippen molar-refractivity contribution in [1.29, 1.82) is 0 Å². The number of benzene rings is 3. The van der Waals surface area contributed by atoms with Crippen LogP contribution in [0.2, 0.25) is 0 Å². The Bertz CT molecular complexity index is 729. The van der Waals surface area contributed by atoms with Gasteiger partial charge in [0, 0.05) is 0 Å². The Hall–Kier alpha value is -1.82. The van der Waals surface area contributed by atoms with Crippen LogP contribution in [0.3, 0.4) is 0 Å². The summed E-state index contributed by atoms with van der Waals surface area (Å²) in [6.07, 6.45) is 15.9. The largest absolute Gasteiger partial charge is 0.0654 e. The van der Waals surface area contributed by atoms with Crippen LogP contribution in [-0.2, 0) is 12.8 Å². The van der Waals surface area contributed by atoms with E-state index in [9.17, 15) is 0 Å². The Morgan fingerprint density at radius 1 is 0.429 bits per heavy atom. The van der Waals surface area contributed by atoms with Gasteiger partial charge in [-0.25, -0.2) is 0 Å². The van der Waals surface area contributed by atoms with E-state index in [-0.39, 0.29) is 0 Å². The Kier molecular flexibility index (Phi) is 8.40. The molecule has 0 bridgehead atoms. The van der Waals surface area contributed by atoms with E-state index in [1.807, 2.05) is 0 Å². The summed E-state index contributed by atoms with van der Waals surface area (Å²) in [4.78, 5) is 0. The molecule has 0 aliphatic carbocycles. The maximum absolute atomic E-state index is 2.36. The molecule has 28 heavy (non-hydrogen) atoms. The van der Waals surface area contributed by atoms with E-state index in [1.165, 1.54) is 98.6 Å². The third-order valence-corrected chi connectivity index (χ3v) is 6.22. The molecule has 0 heterocycles. The van der Waals surface area contributed by atoms with Gasteiger partial charge in [-0.15, -0.1) is 0 Å². The molecule has 0 saturated carbocycles. The molecule has 0 heteroatoms. The summed E-state index contributed by atoms with van der Waals surface area (Å²) in [6, 6.07) is 18.4. The maximum Gasteiger partial charge on any atom is -0.0143 e. The number of fused-ring (bicyclic) bond motifs is 2. The number of rotatable bonds is 12. The molecular formula is C28H38. The van der Waals surface area contributed by atoms with Gasteiger partial charge in [-0.2, -0.15) is 0 Å². The summed E-state index contributed by atoms with van der Waals surface area (Å²) in [6.45, 7) is 4.59. The van der Waals surface area contributed by atoms with Gasteiger partial charge in [-0.1, -0.05) is 114 Å². The van der Waals surface area contributed by atoms with Crippen molar-refractivity contribution in [3.8, 4) is 0 Å². The van der Waals surface area contributed by atoms with E-state index < -0.39 is 0 Å². The predicted octanol–water partition coefficient (Wildman–Crippen LogP) is 9.02. The molecule has 0 amide bonds. The lowest BCUT2D eigenvalue weighted by Crippen LogP contribution is -1.97. The molecule has 3 rings (SSSR count). The number of aryl methyl sites for hydroxylation is 2. The van der Waals surface area contributed by atoms with Gasteiger partial charge in [0.15, 0.2) is 0 Å². The van der Waals surface area contributed by atoms with Crippen LogP contribution >= 0.6 is 0 Å². The Morgan fingerprint density at radius 3 is 1.07 bits per heavy atom. The van der Waals surface area contributed by atoms with Crippen LogP contribution in [0.25, 0.3) is 21.5 Å². The van der Waals surface area contributed by atoms with E-state index >= 15 is 0 Å². The van der Waals surface area contributed by atoms with Crippen LogP contribution in [-0.4, -0.2) is 0 Å². The highest BCUT2D eigenvalue weighted by molar-refractivity contribution is 6.05. The second kappa shape index (κ2) is 11.2. The molecule has 0 aromatic heterocycles. The van der Waals surface area contributed by atoms with Crippen LogP contribution in [0, 0.1) is 0 Å². The standard InChI is InChI=1S/C28H38/c1-3-5-7-9-11-17-23-25-19-13-15-21-27(25)24(18-12-10-8-6-4-2)28-22-16-14-20-26(23)28/h13-16,19-22H,3-12,17-18H2,1-2H3. The van der Waals surface area contributed by atoms with Gasteiger partial charge in [0.25, 0.3) is 0 Å². The van der Waals surface area contributed by atoms with Crippen LogP contribution in [0.5, 0.6) is 0 Å². The van der Waals surface area contributed by atoms with E-state index in [1.54, 1.807) is 11.1 Å². The zero-order chi connectivity index (χ0) is 19.6. The predicted molar refractivity (Wildman–Crippen MR) is 126 cm³/mol. The first-order chi connectivity index (χ1) is 13.9. The molecule has 0 aliphatic rings. The topological polar surface area (TPSA) is 0 Å². The van der Waals surface area contributed by atoms with Crippen molar-refractivity contribution in [1.82, 2.24) is 0 Å². The summed E-state index contributed by atoms with van der Waals surface area (Å²) in [5, 5.41) is 6.00. The first kappa shape index (κ1) is 20.9. The highest BCUT2D eigenvalue weighted by Gasteiger charge is 2.13. The van der Waals surface area contributed by atoms with E-state index in [0.29, 0.717) is 0 Å². The normalized spacial score (nSPS) is 11.5. The fourth-order valence-electron chi connectivity index (χ4n) is 4.66. The monoisotopic (exact) mass is 374 g/mol. The summed E-state index contributed by atoms with van der Waals surface area (Å²) in [5.74, 6) is 0. The second-order valence-corrected chi connectivity index (χ2v) is 8.38. The van der Waals surface area contributed by atoms with Gasteiger partial charge in [0.05, 0.1) is 0 Å². The molecule has 0 saturated heterocycles. The van der Waals surface area contributed by atoms with E-state index in [4.69, 9.17) is 0 Å². The zero-order valence-electron chi connectivity index (χ0n) is 18.1. The Balaban J connectivity index is 1.91. The molecule has 0 atom stereocenters. The summed E-state index contributed by atoms with van der Waals surface area (Å²) < 4.78 is 0. The van der Waals surface area contributed by atoms with Crippen molar-refractivity contribution in [2.24, 2.45) is 0 Å². The van der Waals surface area contributed by atoms with E-state index in [0.717, 1.165) is 0 Å². The highest BCUT2D eigenvalue weighted by atomic mass is 14.2. The lowest BCUT2D eigenvalue weighted by molar-refractivity contribution is 0.633. The molecule has 0 radical (unpaired) electrons. The lowest BCUT2D eigenvalue weighted by Gasteiger charge is -2.17. The Morgan fingerprint density at radius 2 is 0.750 bits per heavy atom. The number of unbranched alkanes of at least 4 members (excludes halogenated alkanes) is 8. The average Bonchev–Trinajstić information content (AvgIpc) is 2.74. The molecule has 0 aliphatic heterocycles.